The number of pyridine rings is 1. The first-order valence-electron chi connectivity index (χ1n) is 6.92. The van der Waals surface area contributed by atoms with Gasteiger partial charge in [0.25, 0.3) is 0 Å². The third-order valence-corrected chi connectivity index (χ3v) is 4.25. The summed E-state index contributed by atoms with van der Waals surface area (Å²) in [5, 5.41) is 3.50. The van der Waals surface area contributed by atoms with Gasteiger partial charge in [-0.15, -0.1) is 0 Å². The maximum Gasteiger partial charge on any atom is 0.0347 e. The topological polar surface area (TPSA) is 24.9 Å². The summed E-state index contributed by atoms with van der Waals surface area (Å²) in [6.45, 7) is 2.33. The smallest absolute Gasteiger partial charge is 0.0347 e. The standard InChI is InChI=1S/C15H24N2/c1-3-12-5-4-6-14(11-12)15(16-2)13-7-9-17-10-8-13/h7-10,12,14-16H,3-6,11H2,1-2H3. The van der Waals surface area contributed by atoms with E-state index in [1.54, 1.807) is 0 Å². The Hall–Kier alpha value is -0.890. The first-order valence-corrected chi connectivity index (χ1v) is 6.92. The van der Waals surface area contributed by atoms with Crippen LogP contribution in [0, 0.1) is 11.8 Å². The predicted molar refractivity (Wildman–Crippen MR) is 71.8 cm³/mol. The number of nitrogens with one attached hydrogen (secondary N) is 1. The van der Waals surface area contributed by atoms with Gasteiger partial charge in [-0.3, -0.25) is 4.98 Å². The van der Waals surface area contributed by atoms with Gasteiger partial charge in [-0.2, -0.15) is 0 Å². The monoisotopic (exact) mass is 232 g/mol. The molecule has 0 saturated heterocycles. The first kappa shape index (κ1) is 12.6. The van der Waals surface area contributed by atoms with E-state index < -0.39 is 0 Å². The number of hydrogen-bond acceptors (Lipinski definition) is 2. The Kier molecular flexibility index (Phi) is 4.55. The number of hydrogen-bond donors (Lipinski definition) is 1. The number of aromatic nitrogens is 1. The first-order chi connectivity index (χ1) is 8.35. The van der Waals surface area contributed by atoms with Crippen molar-refractivity contribution in [3.8, 4) is 0 Å². The van der Waals surface area contributed by atoms with Crippen LogP contribution in [0.25, 0.3) is 0 Å². The molecule has 0 bridgehead atoms. The Morgan fingerprint density at radius 2 is 2.12 bits per heavy atom. The highest BCUT2D eigenvalue weighted by Gasteiger charge is 2.27. The van der Waals surface area contributed by atoms with E-state index in [1.807, 2.05) is 12.4 Å². The van der Waals surface area contributed by atoms with Crippen molar-refractivity contribution in [2.24, 2.45) is 11.8 Å². The summed E-state index contributed by atoms with van der Waals surface area (Å²) in [4.78, 5) is 4.11. The van der Waals surface area contributed by atoms with Crippen LogP contribution in [0.4, 0.5) is 0 Å². The van der Waals surface area contributed by atoms with Crippen molar-refractivity contribution >= 4 is 0 Å². The molecule has 0 spiro atoms. The zero-order valence-electron chi connectivity index (χ0n) is 11.0. The summed E-state index contributed by atoms with van der Waals surface area (Å²) < 4.78 is 0. The zero-order valence-corrected chi connectivity index (χ0v) is 11.0. The Balaban J connectivity index is 2.08. The van der Waals surface area contributed by atoms with E-state index in [0.29, 0.717) is 6.04 Å². The van der Waals surface area contributed by atoms with Gasteiger partial charge in [0.1, 0.15) is 0 Å². The van der Waals surface area contributed by atoms with Crippen molar-refractivity contribution in [2.45, 2.75) is 45.1 Å². The molecule has 1 aliphatic carbocycles. The molecule has 94 valence electrons. The van der Waals surface area contributed by atoms with E-state index in [0.717, 1.165) is 11.8 Å². The van der Waals surface area contributed by atoms with E-state index in [9.17, 15) is 0 Å². The van der Waals surface area contributed by atoms with Crippen molar-refractivity contribution < 1.29 is 0 Å². The molecule has 1 aromatic heterocycles. The SMILES string of the molecule is CCC1CCCC(C(NC)c2ccncc2)C1. The second-order valence-electron chi connectivity index (χ2n) is 5.25. The summed E-state index contributed by atoms with van der Waals surface area (Å²) in [5.41, 5.74) is 1.39. The van der Waals surface area contributed by atoms with Crippen molar-refractivity contribution in [3.63, 3.8) is 0 Å². The minimum atomic E-state index is 0.507. The van der Waals surface area contributed by atoms with Crippen LogP contribution in [0.1, 0.15) is 50.6 Å². The molecule has 3 unspecified atom stereocenters. The quantitative estimate of drug-likeness (QED) is 0.858. The van der Waals surface area contributed by atoms with Crippen LogP contribution in [0.5, 0.6) is 0 Å². The lowest BCUT2D eigenvalue weighted by Crippen LogP contribution is -2.29. The molecule has 2 heteroatoms. The molecule has 3 atom stereocenters. The normalized spacial score (nSPS) is 26.7. The fourth-order valence-electron chi connectivity index (χ4n) is 3.25. The fraction of sp³-hybridized carbons (Fsp3) is 0.667. The molecule has 1 aliphatic rings. The fourth-order valence-corrected chi connectivity index (χ4v) is 3.25. The average molecular weight is 232 g/mol. The molecule has 0 aliphatic heterocycles. The Morgan fingerprint density at radius 1 is 1.35 bits per heavy atom. The van der Waals surface area contributed by atoms with Gasteiger partial charge in [0.15, 0.2) is 0 Å². The van der Waals surface area contributed by atoms with Crippen LogP contribution in [0.2, 0.25) is 0 Å². The van der Waals surface area contributed by atoms with Crippen LogP contribution in [-0.4, -0.2) is 12.0 Å². The third kappa shape index (κ3) is 3.06. The summed E-state index contributed by atoms with van der Waals surface area (Å²) >= 11 is 0. The molecule has 1 saturated carbocycles. The van der Waals surface area contributed by atoms with Gasteiger partial charge in [0, 0.05) is 18.4 Å². The summed E-state index contributed by atoms with van der Waals surface area (Å²) in [7, 11) is 2.08. The Labute approximate surface area is 105 Å². The minimum absolute atomic E-state index is 0.507. The summed E-state index contributed by atoms with van der Waals surface area (Å²) in [5.74, 6) is 1.73. The van der Waals surface area contributed by atoms with Gasteiger partial charge >= 0.3 is 0 Å². The molecule has 1 heterocycles. The van der Waals surface area contributed by atoms with Crippen LogP contribution >= 0.6 is 0 Å². The van der Waals surface area contributed by atoms with Gasteiger partial charge in [-0.05, 0) is 49.4 Å². The van der Waals surface area contributed by atoms with Crippen LogP contribution in [-0.2, 0) is 0 Å². The molecular weight excluding hydrogens is 208 g/mol. The van der Waals surface area contributed by atoms with Gasteiger partial charge in [-0.25, -0.2) is 0 Å². The maximum absolute atomic E-state index is 4.11. The van der Waals surface area contributed by atoms with Gasteiger partial charge < -0.3 is 5.32 Å². The molecule has 1 N–H and O–H groups in total. The average Bonchev–Trinajstić information content (AvgIpc) is 2.41. The van der Waals surface area contributed by atoms with Gasteiger partial charge in [0.05, 0.1) is 0 Å². The highest BCUT2D eigenvalue weighted by atomic mass is 14.9. The second kappa shape index (κ2) is 6.15. The van der Waals surface area contributed by atoms with Crippen LogP contribution < -0.4 is 5.32 Å². The highest BCUT2D eigenvalue weighted by Crippen LogP contribution is 2.38. The highest BCUT2D eigenvalue weighted by molar-refractivity contribution is 5.16. The molecular formula is C15H24N2. The van der Waals surface area contributed by atoms with Crippen molar-refractivity contribution in [1.29, 1.82) is 0 Å². The van der Waals surface area contributed by atoms with E-state index >= 15 is 0 Å². The molecule has 2 rings (SSSR count). The van der Waals surface area contributed by atoms with Crippen molar-refractivity contribution in [1.82, 2.24) is 10.3 Å². The van der Waals surface area contributed by atoms with Crippen molar-refractivity contribution in [2.75, 3.05) is 7.05 Å². The lowest BCUT2D eigenvalue weighted by atomic mass is 9.75. The molecule has 1 aromatic rings. The second-order valence-corrected chi connectivity index (χ2v) is 5.25. The molecule has 0 aromatic carbocycles. The molecule has 17 heavy (non-hydrogen) atoms. The molecule has 1 fully saturated rings. The van der Waals surface area contributed by atoms with E-state index in [4.69, 9.17) is 0 Å². The minimum Gasteiger partial charge on any atom is -0.313 e. The third-order valence-electron chi connectivity index (χ3n) is 4.25. The Morgan fingerprint density at radius 3 is 2.76 bits per heavy atom. The predicted octanol–water partition coefficient (Wildman–Crippen LogP) is 3.56. The molecule has 0 radical (unpaired) electrons. The van der Waals surface area contributed by atoms with Crippen LogP contribution in [0.3, 0.4) is 0 Å². The number of nitrogens with zero attached hydrogens (tertiary/aromatic N) is 1. The zero-order chi connectivity index (χ0) is 12.1. The number of rotatable bonds is 4. The molecule has 0 amide bonds. The maximum atomic E-state index is 4.11. The van der Waals surface area contributed by atoms with Crippen LogP contribution in [0.15, 0.2) is 24.5 Å². The summed E-state index contributed by atoms with van der Waals surface area (Å²) in [6, 6.07) is 4.81. The summed E-state index contributed by atoms with van der Waals surface area (Å²) in [6.07, 6.45) is 10.7. The van der Waals surface area contributed by atoms with Gasteiger partial charge in [0.2, 0.25) is 0 Å². The van der Waals surface area contributed by atoms with E-state index in [-0.39, 0.29) is 0 Å². The lowest BCUT2D eigenvalue weighted by Gasteiger charge is -2.34. The Bertz CT molecular complexity index is 323. The van der Waals surface area contributed by atoms with Crippen molar-refractivity contribution in [3.05, 3.63) is 30.1 Å². The largest absolute Gasteiger partial charge is 0.313 e. The molecule has 2 nitrogen and oxygen atoms in total. The lowest BCUT2D eigenvalue weighted by molar-refractivity contribution is 0.214. The van der Waals surface area contributed by atoms with E-state index in [1.165, 1.54) is 37.7 Å². The van der Waals surface area contributed by atoms with E-state index in [2.05, 4.69) is 36.4 Å². The van der Waals surface area contributed by atoms with Gasteiger partial charge in [-0.1, -0.05) is 26.2 Å².